The van der Waals surface area contributed by atoms with Gasteiger partial charge in [-0.3, -0.25) is 14.6 Å². The molecule has 0 radical (unpaired) electrons. The minimum Gasteiger partial charge on any atom is -0.330 e. The Hall–Kier alpha value is -1.82. The number of hydrogen-bond donors (Lipinski definition) is 0. The van der Waals surface area contributed by atoms with Gasteiger partial charge < -0.3 is 9.80 Å². The summed E-state index contributed by atoms with van der Waals surface area (Å²) in [6.45, 7) is 3.84. The molecule has 1 aliphatic heterocycles. The molecular weight excluding hydrogens is 322 g/mol. The first-order valence-electron chi connectivity index (χ1n) is 8.37. The molecule has 0 aromatic carbocycles. The first kappa shape index (κ1) is 17.0. The van der Waals surface area contributed by atoms with Crippen LogP contribution in [0.1, 0.15) is 38.4 Å². The first-order valence-corrected chi connectivity index (χ1v) is 9.53. The van der Waals surface area contributed by atoms with Crippen molar-refractivity contribution in [2.24, 2.45) is 0 Å². The van der Waals surface area contributed by atoms with E-state index in [0.717, 1.165) is 18.5 Å². The molecule has 6 heteroatoms. The van der Waals surface area contributed by atoms with Gasteiger partial charge in [0.15, 0.2) is 0 Å². The predicted octanol–water partition coefficient (Wildman–Crippen LogP) is 2.61. The average molecular weight is 345 g/mol. The zero-order chi connectivity index (χ0) is 17.1. The minimum absolute atomic E-state index is 0.0542. The topological polar surface area (TPSA) is 53.5 Å². The van der Waals surface area contributed by atoms with E-state index in [4.69, 9.17) is 0 Å². The normalized spacial score (nSPS) is 21.9. The maximum atomic E-state index is 13.2. The summed E-state index contributed by atoms with van der Waals surface area (Å²) in [5.74, 6) is 1.22. The van der Waals surface area contributed by atoms with Gasteiger partial charge in [-0.1, -0.05) is 12.1 Å². The predicted molar refractivity (Wildman–Crippen MR) is 95.3 cm³/mol. The van der Waals surface area contributed by atoms with Crippen molar-refractivity contribution in [2.45, 2.75) is 44.8 Å². The lowest BCUT2D eigenvalue weighted by Crippen LogP contribution is -2.50. The largest absolute Gasteiger partial charge is 0.330 e. The first-order chi connectivity index (χ1) is 11.6. The molecule has 2 amide bonds. The average Bonchev–Trinajstić information content (AvgIpc) is 3.30. The molecule has 24 heavy (non-hydrogen) atoms. The third-order valence-corrected chi connectivity index (χ3v) is 5.50. The van der Waals surface area contributed by atoms with Crippen molar-refractivity contribution in [1.29, 1.82) is 0 Å². The van der Waals surface area contributed by atoms with Crippen molar-refractivity contribution < 1.29 is 9.59 Å². The van der Waals surface area contributed by atoms with Crippen LogP contribution >= 0.6 is 11.8 Å². The van der Waals surface area contributed by atoms with E-state index < -0.39 is 0 Å². The second-order valence-corrected chi connectivity index (χ2v) is 7.23. The Labute approximate surface area is 147 Å². The Morgan fingerprint density at radius 3 is 2.83 bits per heavy atom. The zero-order valence-electron chi connectivity index (χ0n) is 14.1. The molecule has 1 aliphatic carbocycles. The molecule has 1 saturated carbocycles. The van der Waals surface area contributed by atoms with E-state index >= 15 is 0 Å². The number of thioether (sulfide) groups is 1. The zero-order valence-corrected chi connectivity index (χ0v) is 14.9. The van der Waals surface area contributed by atoms with E-state index in [0.29, 0.717) is 11.6 Å². The molecule has 0 spiro atoms. The van der Waals surface area contributed by atoms with Gasteiger partial charge in [0.05, 0.1) is 17.6 Å². The molecule has 1 saturated heterocycles. The van der Waals surface area contributed by atoms with E-state index in [9.17, 15) is 9.59 Å². The highest BCUT2D eigenvalue weighted by Crippen LogP contribution is 2.36. The minimum atomic E-state index is -0.370. The summed E-state index contributed by atoms with van der Waals surface area (Å²) in [5.41, 5.74) is 0.898. The quantitative estimate of drug-likeness (QED) is 0.770. The Kier molecular flexibility index (Phi) is 5.23. The van der Waals surface area contributed by atoms with Crippen molar-refractivity contribution >= 4 is 23.6 Å². The van der Waals surface area contributed by atoms with Crippen molar-refractivity contribution in [3.63, 3.8) is 0 Å². The Bertz CT molecular complexity index is 630. The van der Waals surface area contributed by atoms with Gasteiger partial charge in [-0.25, -0.2) is 0 Å². The van der Waals surface area contributed by atoms with Crippen LogP contribution < -0.4 is 0 Å². The van der Waals surface area contributed by atoms with Gasteiger partial charge in [-0.05, 0) is 44.9 Å². The van der Waals surface area contributed by atoms with Crippen LogP contribution in [0.5, 0.6) is 0 Å². The monoisotopic (exact) mass is 345 g/mol. The van der Waals surface area contributed by atoms with Gasteiger partial charge in [-0.2, -0.15) is 0 Å². The van der Waals surface area contributed by atoms with Gasteiger partial charge in [0.2, 0.25) is 11.8 Å². The molecule has 1 aromatic rings. The summed E-state index contributed by atoms with van der Waals surface area (Å²) >= 11 is 1.64. The highest BCUT2D eigenvalue weighted by molar-refractivity contribution is 7.99. The van der Waals surface area contributed by atoms with E-state index in [2.05, 4.69) is 4.98 Å². The van der Waals surface area contributed by atoms with Gasteiger partial charge in [0, 0.05) is 18.0 Å². The number of nitrogens with zero attached hydrogens (tertiary/aromatic N) is 3. The molecule has 2 fully saturated rings. The fourth-order valence-corrected chi connectivity index (χ4v) is 4.24. The highest BCUT2D eigenvalue weighted by Gasteiger charge is 2.43. The lowest BCUT2D eigenvalue weighted by molar-refractivity contribution is -0.143. The molecule has 128 valence electrons. The molecule has 2 unspecified atom stereocenters. The number of pyridine rings is 1. The number of aromatic nitrogens is 1. The second kappa shape index (κ2) is 7.38. The molecule has 1 aromatic heterocycles. The molecule has 5 nitrogen and oxygen atoms in total. The molecule has 0 N–H and O–H groups in total. The second-order valence-electron chi connectivity index (χ2n) is 6.23. The summed E-state index contributed by atoms with van der Waals surface area (Å²) in [5, 5.41) is 0. The Morgan fingerprint density at radius 2 is 2.21 bits per heavy atom. The van der Waals surface area contributed by atoms with Crippen LogP contribution in [0.3, 0.4) is 0 Å². The number of allylic oxidation sites excluding steroid dienone is 1. The highest BCUT2D eigenvalue weighted by atomic mass is 32.2. The molecule has 0 bridgehead atoms. The lowest BCUT2D eigenvalue weighted by Gasteiger charge is -2.33. The molecule has 2 aliphatic rings. The van der Waals surface area contributed by atoms with Crippen LogP contribution in [0.2, 0.25) is 0 Å². The van der Waals surface area contributed by atoms with E-state index in [-0.39, 0.29) is 29.9 Å². The summed E-state index contributed by atoms with van der Waals surface area (Å²) in [4.78, 5) is 33.5. The van der Waals surface area contributed by atoms with Crippen molar-refractivity contribution in [3.05, 3.63) is 42.2 Å². The molecular formula is C18H23N3O2S. The van der Waals surface area contributed by atoms with Gasteiger partial charge in [0.25, 0.3) is 0 Å². The van der Waals surface area contributed by atoms with Crippen LogP contribution in [0.25, 0.3) is 0 Å². The van der Waals surface area contributed by atoms with Crippen LogP contribution in [-0.4, -0.2) is 50.3 Å². The van der Waals surface area contributed by atoms with Crippen LogP contribution in [0, 0.1) is 0 Å². The third-order valence-electron chi connectivity index (χ3n) is 4.49. The number of carbonyl (C=O) groups excluding carboxylic acids is 2. The van der Waals surface area contributed by atoms with Crippen LogP contribution in [0.15, 0.2) is 36.5 Å². The third kappa shape index (κ3) is 3.48. The number of carbonyl (C=O) groups is 2. The number of amides is 2. The standard InChI is InChI=1S/C18H23N3O2S/c1-3-6-17(22)20-12-24-11-16(20)18(23)21(14-8-9-14)13(2)15-7-4-5-10-19-15/h3-7,10,13-14,16H,8-9,11-12H2,1-2H3/b6-3+. The summed E-state index contributed by atoms with van der Waals surface area (Å²) in [7, 11) is 0. The number of rotatable bonds is 5. The Morgan fingerprint density at radius 1 is 1.42 bits per heavy atom. The lowest BCUT2D eigenvalue weighted by atomic mass is 10.1. The maximum Gasteiger partial charge on any atom is 0.247 e. The van der Waals surface area contributed by atoms with Gasteiger partial charge in [-0.15, -0.1) is 11.8 Å². The summed E-state index contributed by atoms with van der Waals surface area (Å²) in [6.07, 6.45) is 7.09. The molecule has 2 atom stereocenters. The van der Waals surface area contributed by atoms with Crippen LogP contribution in [-0.2, 0) is 9.59 Å². The fourth-order valence-electron chi connectivity index (χ4n) is 3.08. The smallest absolute Gasteiger partial charge is 0.247 e. The van der Waals surface area contributed by atoms with Crippen molar-refractivity contribution in [3.8, 4) is 0 Å². The number of hydrogen-bond acceptors (Lipinski definition) is 4. The van der Waals surface area contributed by atoms with Gasteiger partial charge >= 0.3 is 0 Å². The van der Waals surface area contributed by atoms with E-state index in [1.807, 2.05) is 36.9 Å². The summed E-state index contributed by atoms with van der Waals surface area (Å²) in [6, 6.07) is 5.62. The molecule has 3 rings (SSSR count). The molecule has 2 heterocycles. The van der Waals surface area contributed by atoms with Crippen molar-refractivity contribution in [1.82, 2.24) is 14.8 Å². The summed E-state index contributed by atoms with van der Waals surface area (Å²) < 4.78 is 0. The van der Waals surface area contributed by atoms with Crippen LogP contribution in [0.4, 0.5) is 0 Å². The SMILES string of the molecule is C/C=C/C(=O)N1CSCC1C(=O)N(C1CC1)C(C)c1ccccn1. The fraction of sp³-hybridized carbons (Fsp3) is 0.500. The van der Waals surface area contributed by atoms with E-state index in [1.165, 1.54) is 6.08 Å². The van der Waals surface area contributed by atoms with Gasteiger partial charge in [0.1, 0.15) is 6.04 Å². The van der Waals surface area contributed by atoms with Crippen molar-refractivity contribution in [2.75, 3.05) is 11.6 Å². The van der Waals surface area contributed by atoms with E-state index in [1.54, 1.807) is 28.9 Å². The Balaban J connectivity index is 1.81. The maximum absolute atomic E-state index is 13.2.